The Balaban J connectivity index is 1.66. The van der Waals surface area contributed by atoms with Crippen molar-refractivity contribution in [1.29, 1.82) is 0 Å². The highest BCUT2D eigenvalue weighted by Crippen LogP contribution is 2.14. The van der Waals surface area contributed by atoms with Crippen molar-refractivity contribution in [3.8, 4) is 0 Å². The first-order chi connectivity index (χ1) is 13.3. The molecule has 1 fully saturated rings. The first-order valence-electron chi connectivity index (χ1n) is 10.5. The van der Waals surface area contributed by atoms with Crippen molar-refractivity contribution < 1.29 is 9.47 Å². The Kier molecular flexibility index (Phi) is 10.9. The highest BCUT2D eigenvalue weighted by molar-refractivity contribution is 5.79. The zero-order valence-corrected chi connectivity index (χ0v) is 17.1. The van der Waals surface area contributed by atoms with E-state index in [-0.39, 0.29) is 0 Å². The van der Waals surface area contributed by atoms with Crippen molar-refractivity contribution in [2.75, 3.05) is 39.5 Å². The lowest BCUT2D eigenvalue weighted by Crippen LogP contribution is -2.38. The van der Waals surface area contributed by atoms with Crippen LogP contribution in [0.15, 0.2) is 29.3 Å². The molecular formula is C22H37N3O2. The van der Waals surface area contributed by atoms with Crippen LogP contribution in [-0.4, -0.2) is 45.5 Å². The minimum Gasteiger partial charge on any atom is -0.381 e. The molecule has 5 nitrogen and oxygen atoms in total. The molecule has 0 spiro atoms. The van der Waals surface area contributed by atoms with Crippen LogP contribution in [-0.2, 0) is 16.0 Å². The lowest BCUT2D eigenvalue weighted by Gasteiger charge is -2.21. The Morgan fingerprint density at radius 3 is 2.52 bits per heavy atom. The molecule has 0 radical (unpaired) electrons. The lowest BCUT2D eigenvalue weighted by atomic mass is 10.0. The predicted octanol–water partition coefficient (Wildman–Crippen LogP) is 3.66. The molecule has 1 aliphatic heterocycles. The van der Waals surface area contributed by atoms with E-state index >= 15 is 0 Å². The number of hydrogen-bond donors (Lipinski definition) is 2. The van der Waals surface area contributed by atoms with Crippen LogP contribution in [0.1, 0.15) is 50.2 Å². The van der Waals surface area contributed by atoms with E-state index in [1.54, 1.807) is 0 Å². The summed E-state index contributed by atoms with van der Waals surface area (Å²) in [4.78, 5) is 4.73. The summed E-state index contributed by atoms with van der Waals surface area (Å²) < 4.78 is 11.2. The Morgan fingerprint density at radius 1 is 1.11 bits per heavy atom. The van der Waals surface area contributed by atoms with Crippen molar-refractivity contribution in [2.45, 2.75) is 52.5 Å². The molecule has 0 atom stereocenters. The molecular weight excluding hydrogens is 338 g/mol. The fourth-order valence-electron chi connectivity index (χ4n) is 2.97. The van der Waals surface area contributed by atoms with Crippen LogP contribution in [0.25, 0.3) is 0 Å². The fraction of sp³-hybridized carbons (Fsp3) is 0.682. The van der Waals surface area contributed by atoms with Crippen LogP contribution >= 0.6 is 0 Å². The van der Waals surface area contributed by atoms with Gasteiger partial charge in [0.1, 0.15) is 0 Å². The van der Waals surface area contributed by atoms with Gasteiger partial charge in [-0.1, -0.05) is 43.2 Å². The van der Waals surface area contributed by atoms with E-state index in [1.165, 1.54) is 17.5 Å². The van der Waals surface area contributed by atoms with Gasteiger partial charge in [-0.3, -0.25) is 0 Å². The highest BCUT2D eigenvalue weighted by Gasteiger charge is 2.13. The molecule has 5 heteroatoms. The molecule has 0 unspecified atom stereocenters. The maximum absolute atomic E-state index is 5.84. The normalized spacial score (nSPS) is 15.7. The van der Waals surface area contributed by atoms with Crippen LogP contribution in [0.2, 0.25) is 0 Å². The van der Waals surface area contributed by atoms with Gasteiger partial charge < -0.3 is 20.1 Å². The number of benzene rings is 1. The molecule has 1 aromatic carbocycles. The van der Waals surface area contributed by atoms with E-state index in [0.717, 1.165) is 71.2 Å². The average Bonchev–Trinajstić information content (AvgIpc) is 2.70. The van der Waals surface area contributed by atoms with Gasteiger partial charge in [-0.2, -0.15) is 0 Å². The van der Waals surface area contributed by atoms with Gasteiger partial charge in [-0.15, -0.1) is 0 Å². The number of ether oxygens (including phenoxy) is 2. The van der Waals surface area contributed by atoms with Gasteiger partial charge in [0, 0.05) is 39.5 Å². The Labute approximate surface area is 164 Å². The summed E-state index contributed by atoms with van der Waals surface area (Å²) >= 11 is 0. The summed E-state index contributed by atoms with van der Waals surface area (Å²) in [5.41, 5.74) is 2.51. The SMILES string of the molecule is CCCCNC(=NCc1ccc(C)cc1)NCCCOCC1CCOCC1. The number of rotatable bonds is 11. The second-order valence-electron chi connectivity index (χ2n) is 7.34. The maximum Gasteiger partial charge on any atom is 0.191 e. The van der Waals surface area contributed by atoms with Crippen molar-refractivity contribution in [2.24, 2.45) is 10.9 Å². The summed E-state index contributed by atoms with van der Waals surface area (Å²) in [6, 6.07) is 8.57. The molecule has 1 aliphatic rings. The van der Waals surface area contributed by atoms with Gasteiger partial charge in [0.25, 0.3) is 0 Å². The molecule has 2 rings (SSSR count). The van der Waals surface area contributed by atoms with Crippen molar-refractivity contribution in [3.63, 3.8) is 0 Å². The van der Waals surface area contributed by atoms with Crippen molar-refractivity contribution in [3.05, 3.63) is 35.4 Å². The number of unbranched alkanes of at least 4 members (excludes halogenated alkanes) is 1. The number of guanidine groups is 1. The fourth-order valence-corrected chi connectivity index (χ4v) is 2.97. The zero-order valence-electron chi connectivity index (χ0n) is 17.1. The predicted molar refractivity (Wildman–Crippen MR) is 112 cm³/mol. The molecule has 1 aromatic rings. The summed E-state index contributed by atoms with van der Waals surface area (Å²) in [7, 11) is 0. The van der Waals surface area contributed by atoms with Gasteiger partial charge in [-0.05, 0) is 44.1 Å². The summed E-state index contributed by atoms with van der Waals surface area (Å²) in [6.45, 7) is 10.3. The first-order valence-corrected chi connectivity index (χ1v) is 10.5. The topological polar surface area (TPSA) is 54.9 Å². The Morgan fingerprint density at radius 2 is 1.81 bits per heavy atom. The van der Waals surface area contributed by atoms with Gasteiger partial charge in [0.15, 0.2) is 5.96 Å². The Bertz CT molecular complexity index is 525. The number of hydrogen-bond acceptors (Lipinski definition) is 3. The third-order valence-electron chi connectivity index (χ3n) is 4.82. The van der Waals surface area contributed by atoms with Crippen LogP contribution in [0.4, 0.5) is 0 Å². The number of aliphatic imine (C=N–C) groups is 1. The summed E-state index contributed by atoms with van der Waals surface area (Å²) in [6.07, 6.45) is 5.59. The van der Waals surface area contributed by atoms with Gasteiger partial charge in [0.2, 0.25) is 0 Å². The van der Waals surface area contributed by atoms with E-state index in [2.05, 4.69) is 48.7 Å². The number of nitrogens with one attached hydrogen (secondary N) is 2. The monoisotopic (exact) mass is 375 g/mol. The van der Waals surface area contributed by atoms with Crippen LogP contribution in [0, 0.1) is 12.8 Å². The van der Waals surface area contributed by atoms with Crippen LogP contribution in [0.3, 0.4) is 0 Å². The van der Waals surface area contributed by atoms with Crippen molar-refractivity contribution >= 4 is 5.96 Å². The van der Waals surface area contributed by atoms with E-state index < -0.39 is 0 Å². The Hall–Kier alpha value is -1.59. The minimum absolute atomic E-state index is 0.675. The minimum atomic E-state index is 0.675. The molecule has 2 N–H and O–H groups in total. The third kappa shape index (κ3) is 9.78. The summed E-state index contributed by atoms with van der Waals surface area (Å²) in [5, 5.41) is 6.87. The average molecular weight is 376 g/mol. The third-order valence-corrected chi connectivity index (χ3v) is 4.82. The molecule has 152 valence electrons. The van der Waals surface area contributed by atoms with E-state index in [0.29, 0.717) is 12.5 Å². The van der Waals surface area contributed by atoms with E-state index in [1.807, 2.05) is 0 Å². The largest absolute Gasteiger partial charge is 0.381 e. The first kappa shape index (κ1) is 21.7. The van der Waals surface area contributed by atoms with E-state index in [4.69, 9.17) is 14.5 Å². The molecule has 1 saturated heterocycles. The maximum atomic E-state index is 5.84. The van der Waals surface area contributed by atoms with Crippen LogP contribution in [0.5, 0.6) is 0 Å². The molecule has 0 bridgehead atoms. The van der Waals surface area contributed by atoms with Crippen molar-refractivity contribution in [1.82, 2.24) is 10.6 Å². The number of aryl methyl sites for hydroxylation is 1. The molecule has 0 aromatic heterocycles. The van der Waals surface area contributed by atoms with Crippen LogP contribution < -0.4 is 10.6 Å². The molecule has 0 saturated carbocycles. The molecule has 0 amide bonds. The zero-order chi connectivity index (χ0) is 19.2. The van der Waals surface area contributed by atoms with E-state index in [9.17, 15) is 0 Å². The molecule has 27 heavy (non-hydrogen) atoms. The summed E-state index contributed by atoms with van der Waals surface area (Å²) in [5.74, 6) is 1.57. The highest BCUT2D eigenvalue weighted by atomic mass is 16.5. The quantitative estimate of drug-likeness (QED) is 0.352. The smallest absolute Gasteiger partial charge is 0.191 e. The second kappa shape index (κ2) is 13.6. The second-order valence-corrected chi connectivity index (χ2v) is 7.34. The van der Waals surface area contributed by atoms with Gasteiger partial charge in [0.05, 0.1) is 6.54 Å². The lowest BCUT2D eigenvalue weighted by molar-refractivity contribution is 0.0203. The number of nitrogens with zero attached hydrogens (tertiary/aromatic N) is 1. The van der Waals surface area contributed by atoms with Gasteiger partial charge in [-0.25, -0.2) is 4.99 Å². The van der Waals surface area contributed by atoms with Gasteiger partial charge >= 0.3 is 0 Å². The molecule has 1 heterocycles. The molecule has 0 aliphatic carbocycles. The standard InChI is InChI=1S/C22H37N3O2/c1-3-4-12-23-22(25-17-20-8-6-19(2)7-9-20)24-13-5-14-27-18-21-10-15-26-16-11-21/h6-9,21H,3-5,10-18H2,1-2H3,(H2,23,24,25).